The van der Waals surface area contributed by atoms with Gasteiger partial charge in [-0.3, -0.25) is 4.79 Å². The Morgan fingerprint density at radius 2 is 1.88 bits per heavy atom. The van der Waals surface area contributed by atoms with E-state index < -0.39 is 0 Å². The molecule has 0 radical (unpaired) electrons. The van der Waals surface area contributed by atoms with Gasteiger partial charge >= 0.3 is 0 Å². The van der Waals surface area contributed by atoms with Crippen LogP contribution in [0.3, 0.4) is 0 Å². The lowest BCUT2D eigenvalue weighted by atomic mass is 10.1. The van der Waals surface area contributed by atoms with Gasteiger partial charge in [0, 0.05) is 10.0 Å². The Kier molecular flexibility index (Phi) is 6.01. The van der Waals surface area contributed by atoms with E-state index in [1.807, 2.05) is 42.5 Å². The van der Waals surface area contributed by atoms with Crippen LogP contribution in [0.25, 0.3) is 0 Å². The first-order valence-electron chi connectivity index (χ1n) is 8.25. The minimum absolute atomic E-state index is 0.00854. The maximum Gasteiger partial charge on any atom is 0.252 e. The number of benzene rings is 2. The maximum atomic E-state index is 12.7. The molecule has 1 fully saturated rings. The monoisotopic (exact) mass is 389 g/mol. The molecular weight excluding hydrogens is 368 g/mol. The Morgan fingerprint density at radius 3 is 2.58 bits per heavy atom. The van der Waals surface area contributed by atoms with E-state index in [-0.39, 0.29) is 11.9 Å². The zero-order valence-electron chi connectivity index (χ0n) is 13.5. The molecule has 2 N–H and O–H groups in total. The van der Waals surface area contributed by atoms with Crippen molar-refractivity contribution in [2.24, 2.45) is 0 Å². The highest BCUT2D eigenvalue weighted by Gasteiger charge is 2.23. The van der Waals surface area contributed by atoms with Crippen molar-refractivity contribution >= 4 is 21.8 Å². The highest BCUT2D eigenvalue weighted by Crippen LogP contribution is 2.15. The van der Waals surface area contributed by atoms with Crippen molar-refractivity contribution in [1.29, 1.82) is 0 Å². The summed E-state index contributed by atoms with van der Waals surface area (Å²) in [4.78, 5) is 14.1. The first-order chi connectivity index (χ1) is 11.7. The van der Waals surface area contributed by atoms with Crippen LogP contribution >= 0.6 is 15.9 Å². The lowest BCUT2D eigenvalue weighted by Crippen LogP contribution is -3.14. The van der Waals surface area contributed by atoms with Crippen LogP contribution in [-0.4, -0.2) is 38.8 Å². The van der Waals surface area contributed by atoms with Crippen LogP contribution in [0.4, 0.5) is 0 Å². The molecule has 1 atom stereocenters. The fourth-order valence-electron chi connectivity index (χ4n) is 2.96. The lowest BCUT2D eigenvalue weighted by molar-refractivity contribution is -0.909. The number of carbonyl (C=O) groups excluding carboxylic acids is 1. The molecule has 0 aliphatic carbocycles. The van der Waals surface area contributed by atoms with Crippen LogP contribution < -0.4 is 10.2 Å². The Hall–Kier alpha value is -1.69. The fourth-order valence-corrected chi connectivity index (χ4v) is 3.36. The van der Waals surface area contributed by atoms with Gasteiger partial charge in [0.15, 0.2) is 0 Å². The number of rotatable bonds is 5. The summed E-state index contributed by atoms with van der Waals surface area (Å²) >= 11 is 3.42. The van der Waals surface area contributed by atoms with Crippen LogP contribution in [-0.2, 0) is 4.74 Å². The Morgan fingerprint density at radius 1 is 1.12 bits per heavy atom. The number of quaternary nitrogens is 1. The van der Waals surface area contributed by atoms with Gasteiger partial charge in [0.1, 0.15) is 25.7 Å². The molecule has 4 nitrogen and oxygen atoms in total. The Balaban J connectivity index is 1.75. The fraction of sp³-hybridized carbons (Fsp3) is 0.316. The molecule has 2 aromatic carbocycles. The third-order valence-electron chi connectivity index (χ3n) is 4.29. The summed E-state index contributed by atoms with van der Waals surface area (Å²) in [6.07, 6.45) is 0. The van der Waals surface area contributed by atoms with Gasteiger partial charge in [0.2, 0.25) is 0 Å². The molecule has 0 unspecified atom stereocenters. The van der Waals surface area contributed by atoms with E-state index >= 15 is 0 Å². The molecule has 1 heterocycles. The molecule has 126 valence electrons. The summed E-state index contributed by atoms with van der Waals surface area (Å²) < 4.78 is 6.34. The Bertz CT molecular complexity index is 672. The van der Waals surface area contributed by atoms with E-state index in [4.69, 9.17) is 4.74 Å². The number of ether oxygens (including phenoxy) is 1. The number of hydrogen-bond donors (Lipinski definition) is 2. The van der Waals surface area contributed by atoms with E-state index in [9.17, 15) is 4.79 Å². The molecule has 0 spiro atoms. The predicted molar refractivity (Wildman–Crippen MR) is 97.2 cm³/mol. The van der Waals surface area contributed by atoms with Gasteiger partial charge in [-0.25, -0.2) is 0 Å². The van der Waals surface area contributed by atoms with E-state index in [2.05, 4.69) is 33.4 Å². The molecule has 24 heavy (non-hydrogen) atoms. The van der Waals surface area contributed by atoms with Crippen molar-refractivity contribution in [3.63, 3.8) is 0 Å². The standard InChI is InChI=1S/C19H21BrN2O2/c20-17-8-4-7-16(13-17)19(23)21-18(15-5-2-1-3-6-15)14-22-9-11-24-12-10-22/h1-8,13,18H,9-12,14H2,(H,21,23)/p+1/t18-/m0/s1. The van der Waals surface area contributed by atoms with Crippen LogP contribution in [0.5, 0.6) is 0 Å². The largest absolute Gasteiger partial charge is 0.370 e. The van der Waals surface area contributed by atoms with Crippen molar-refractivity contribution in [1.82, 2.24) is 5.32 Å². The van der Waals surface area contributed by atoms with Crippen molar-refractivity contribution in [2.75, 3.05) is 32.8 Å². The SMILES string of the molecule is O=C(N[C@@H](C[NH+]1CCOCC1)c1ccccc1)c1cccc(Br)c1. The third kappa shape index (κ3) is 4.66. The number of carbonyl (C=O) groups is 1. The molecule has 2 aromatic rings. The normalized spacial score (nSPS) is 16.5. The summed E-state index contributed by atoms with van der Waals surface area (Å²) in [6.45, 7) is 4.41. The van der Waals surface area contributed by atoms with Crippen LogP contribution in [0, 0.1) is 0 Å². The van der Waals surface area contributed by atoms with Gasteiger partial charge in [-0.2, -0.15) is 0 Å². The summed E-state index contributed by atoms with van der Waals surface area (Å²) in [6, 6.07) is 17.7. The highest BCUT2D eigenvalue weighted by atomic mass is 79.9. The molecule has 3 rings (SSSR count). The zero-order chi connectivity index (χ0) is 16.8. The molecule has 0 saturated carbocycles. The number of nitrogens with one attached hydrogen (secondary N) is 2. The first-order valence-corrected chi connectivity index (χ1v) is 9.04. The minimum Gasteiger partial charge on any atom is -0.370 e. The average molecular weight is 390 g/mol. The van der Waals surface area contributed by atoms with Gasteiger partial charge in [0.25, 0.3) is 5.91 Å². The summed E-state index contributed by atoms with van der Waals surface area (Å²) in [7, 11) is 0. The molecule has 1 aliphatic heterocycles. The number of morpholine rings is 1. The lowest BCUT2D eigenvalue weighted by Gasteiger charge is -2.28. The zero-order valence-corrected chi connectivity index (χ0v) is 15.1. The van der Waals surface area contributed by atoms with Gasteiger partial charge in [-0.05, 0) is 23.8 Å². The molecule has 0 bridgehead atoms. The highest BCUT2D eigenvalue weighted by molar-refractivity contribution is 9.10. The number of halogens is 1. The number of hydrogen-bond acceptors (Lipinski definition) is 2. The van der Waals surface area contributed by atoms with Gasteiger partial charge < -0.3 is 15.0 Å². The Labute approximate surface area is 150 Å². The predicted octanol–water partition coefficient (Wildman–Crippen LogP) is 1.84. The average Bonchev–Trinajstić information content (AvgIpc) is 2.63. The molecule has 0 aromatic heterocycles. The van der Waals surface area contributed by atoms with Crippen LogP contribution in [0.1, 0.15) is 22.0 Å². The van der Waals surface area contributed by atoms with E-state index in [1.54, 1.807) is 0 Å². The van der Waals surface area contributed by atoms with Crippen molar-refractivity contribution in [2.45, 2.75) is 6.04 Å². The quantitative estimate of drug-likeness (QED) is 0.818. The maximum absolute atomic E-state index is 12.7. The third-order valence-corrected chi connectivity index (χ3v) is 4.78. The summed E-state index contributed by atoms with van der Waals surface area (Å²) in [5, 5.41) is 3.20. The molecule has 5 heteroatoms. The van der Waals surface area contributed by atoms with Crippen LogP contribution in [0.15, 0.2) is 59.1 Å². The van der Waals surface area contributed by atoms with Gasteiger partial charge in [-0.15, -0.1) is 0 Å². The molecule has 1 amide bonds. The van der Waals surface area contributed by atoms with E-state index in [0.717, 1.165) is 42.9 Å². The molecule has 1 aliphatic rings. The van der Waals surface area contributed by atoms with E-state index in [0.29, 0.717) is 5.56 Å². The smallest absolute Gasteiger partial charge is 0.252 e. The minimum atomic E-state index is -0.0437. The second-order valence-electron chi connectivity index (χ2n) is 6.01. The topological polar surface area (TPSA) is 42.8 Å². The van der Waals surface area contributed by atoms with E-state index in [1.165, 1.54) is 4.90 Å². The van der Waals surface area contributed by atoms with Crippen molar-refractivity contribution < 1.29 is 14.4 Å². The second kappa shape index (κ2) is 8.42. The first kappa shape index (κ1) is 17.1. The summed E-state index contributed by atoms with van der Waals surface area (Å²) in [5.74, 6) is -0.0437. The van der Waals surface area contributed by atoms with Gasteiger partial charge in [0.05, 0.1) is 13.2 Å². The van der Waals surface area contributed by atoms with Crippen LogP contribution in [0.2, 0.25) is 0 Å². The van der Waals surface area contributed by atoms with Gasteiger partial charge in [-0.1, -0.05) is 52.3 Å². The second-order valence-corrected chi connectivity index (χ2v) is 6.93. The van der Waals surface area contributed by atoms with Crippen molar-refractivity contribution in [3.8, 4) is 0 Å². The molecular formula is C19H22BrN2O2+. The molecule has 1 saturated heterocycles. The summed E-state index contributed by atoms with van der Waals surface area (Å²) in [5.41, 5.74) is 1.81. The van der Waals surface area contributed by atoms with Crippen molar-refractivity contribution in [3.05, 3.63) is 70.2 Å². The number of amides is 1.